The minimum absolute atomic E-state index is 0.141. The molecule has 2 aromatic rings. The topological polar surface area (TPSA) is 122 Å². The molecule has 2 aromatic carbocycles. The second-order valence-electron chi connectivity index (χ2n) is 7.74. The van der Waals surface area contributed by atoms with E-state index in [9.17, 15) is 23.8 Å². The van der Waals surface area contributed by atoms with Crippen molar-refractivity contribution in [3.8, 4) is 0 Å². The lowest BCUT2D eigenvalue weighted by molar-refractivity contribution is -0.159. The van der Waals surface area contributed by atoms with Gasteiger partial charge >= 0.3 is 11.9 Å². The van der Waals surface area contributed by atoms with E-state index in [1.165, 1.54) is 0 Å². The van der Waals surface area contributed by atoms with Gasteiger partial charge in [0, 0.05) is 5.56 Å². The zero-order chi connectivity index (χ0) is 23.0. The molecule has 32 heavy (non-hydrogen) atoms. The summed E-state index contributed by atoms with van der Waals surface area (Å²) in [5.41, 5.74) is 1.26. The van der Waals surface area contributed by atoms with Crippen LogP contribution in [0.15, 0.2) is 60.7 Å². The van der Waals surface area contributed by atoms with E-state index in [0.29, 0.717) is 24.9 Å². The van der Waals surface area contributed by atoms with Crippen LogP contribution in [0.4, 0.5) is 0 Å². The van der Waals surface area contributed by atoms with Crippen LogP contribution in [-0.2, 0) is 25.3 Å². The third-order valence-corrected chi connectivity index (χ3v) is 7.36. The molecule has 2 unspecified atom stereocenters. The van der Waals surface area contributed by atoms with E-state index in [4.69, 9.17) is 4.74 Å². The Hall–Kier alpha value is -2.80. The number of ether oxygens (including phenoxy) is 1. The van der Waals surface area contributed by atoms with Crippen molar-refractivity contribution >= 4 is 25.2 Å². The Morgan fingerprint density at radius 1 is 1.09 bits per heavy atom. The molecule has 8 nitrogen and oxygen atoms in total. The lowest BCUT2D eigenvalue weighted by atomic mass is 10.1. The minimum Gasteiger partial charge on any atom is -0.392 e. The summed E-state index contributed by atoms with van der Waals surface area (Å²) >= 11 is 0. The summed E-state index contributed by atoms with van der Waals surface area (Å²) in [5, 5.41) is 5.52. The number of nitrogens with one attached hydrogen (secondary N) is 2. The van der Waals surface area contributed by atoms with E-state index in [0.717, 1.165) is 12.0 Å². The van der Waals surface area contributed by atoms with Gasteiger partial charge in [0.05, 0.1) is 0 Å². The fraction of sp³-hybridized carbons (Fsp3) is 0.348. The molecular formula is C23H27N2O6P. The maximum atomic E-state index is 13.1. The zero-order valence-electron chi connectivity index (χ0n) is 17.6. The molecule has 9 heteroatoms. The fourth-order valence-electron chi connectivity index (χ4n) is 3.54. The van der Waals surface area contributed by atoms with Gasteiger partial charge in [0.1, 0.15) is 18.0 Å². The van der Waals surface area contributed by atoms with Gasteiger partial charge < -0.3 is 20.3 Å². The second kappa shape index (κ2) is 11.2. The minimum atomic E-state index is -4.24. The number of aryl methyl sites for hydroxylation is 1. The Morgan fingerprint density at radius 3 is 2.38 bits per heavy atom. The van der Waals surface area contributed by atoms with Crippen molar-refractivity contribution in [2.75, 3.05) is 12.7 Å². The highest BCUT2D eigenvalue weighted by Crippen LogP contribution is 2.47. The molecule has 0 spiro atoms. The summed E-state index contributed by atoms with van der Waals surface area (Å²) in [6.45, 7) is 0.652. The monoisotopic (exact) mass is 458 g/mol. The Kier molecular flexibility index (Phi) is 8.33. The van der Waals surface area contributed by atoms with Gasteiger partial charge in [-0.2, -0.15) is 0 Å². The molecule has 0 radical (unpaired) electrons. The number of esters is 2. The second-order valence-corrected chi connectivity index (χ2v) is 10.2. The molecule has 3 atom stereocenters. The number of hydrogen-bond acceptors (Lipinski definition) is 6. The summed E-state index contributed by atoms with van der Waals surface area (Å²) in [6.07, 6.45) is 1.04. The normalized spacial score (nSPS) is 18.3. The van der Waals surface area contributed by atoms with Gasteiger partial charge in [-0.3, -0.25) is 14.2 Å². The summed E-state index contributed by atoms with van der Waals surface area (Å²) in [6, 6.07) is 17.0. The van der Waals surface area contributed by atoms with E-state index in [1.54, 1.807) is 30.3 Å². The molecule has 1 aliphatic rings. The highest BCUT2D eigenvalue weighted by Gasteiger charge is 2.36. The van der Waals surface area contributed by atoms with Crippen molar-refractivity contribution in [3.63, 3.8) is 0 Å². The first-order valence-corrected chi connectivity index (χ1v) is 12.5. The third-order valence-electron chi connectivity index (χ3n) is 5.28. The standard InChI is InChI=1S/C23H27N2O6P/c26-21(31-23(28)19-12-7-15-24-19)16-32(29,30)20(14-13-17-8-3-1-4-9-17)25-22(27)18-10-5-2-6-11-18/h1-6,8-11,19-20,24H,7,12-16H2,(H,25,27)(H,29,30)/t19-,20?/m0/s1. The fourth-order valence-corrected chi connectivity index (χ4v) is 5.05. The number of hydrogen-bond donors (Lipinski definition) is 3. The van der Waals surface area contributed by atoms with E-state index in [1.807, 2.05) is 30.3 Å². The van der Waals surface area contributed by atoms with Crippen LogP contribution < -0.4 is 10.6 Å². The molecule has 0 aromatic heterocycles. The van der Waals surface area contributed by atoms with Crippen molar-refractivity contribution in [2.24, 2.45) is 0 Å². The van der Waals surface area contributed by atoms with Gasteiger partial charge in [-0.1, -0.05) is 48.5 Å². The van der Waals surface area contributed by atoms with Crippen molar-refractivity contribution in [1.29, 1.82) is 0 Å². The first-order chi connectivity index (χ1) is 15.3. The van der Waals surface area contributed by atoms with Crippen LogP contribution in [-0.4, -0.2) is 47.3 Å². The Labute approximate surface area is 186 Å². The van der Waals surface area contributed by atoms with Crippen molar-refractivity contribution in [2.45, 2.75) is 37.5 Å². The van der Waals surface area contributed by atoms with Crippen LogP contribution in [0.3, 0.4) is 0 Å². The molecule has 1 saturated heterocycles. The zero-order valence-corrected chi connectivity index (χ0v) is 18.5. The SMILES string of the molecule is O=C(CP(=O)(O)C(CCc1ccccc1)NC(=O)c1ccccc1)OC(=O)[C@@H]1CCCN1. The first-order valence-electron chi connectivity index (χ1n) is 10.5. The number of benzene rings is 2. The molecule has 0 bridgehead atoms. The highest BCUT2D eigenvalue weighted by molar-refractivity contribution is 7.59. The number of rotatable bonds is 9. The molecule has 1 heterocycles. The van der Waals surface area contributed by atoms with Crippen LogP contribution in [0, 0.1) is 0 Å². The van der Waals surface area contributed by atoms with Crippen LogP contribution in [0.2, 0.25) is 0 Å². The van der Waals surface area contributed by atoms with E-state index >= 15 is 0 Å². The maximum Gasteiger partial charge on any atom is 0.330 e. The van der Waals surface area contributed by atoms with Gasteiger partial charge in [-0.15, -0.1) is 0 Å². The van der Waals surface area contributed by atoms with E-state index in [-0.39, 0.29) is 6.42 Å². The summed E-state index contributed by atoms with van der Waals surface area (Å²) < 4.78 is 17.9. The summed E-state index contributed by atoms with van der Waals surface area (Å²) in [5.74, 6) is -3.52. The smallest absolute Gasteiger partial charge is 0.330 e. The Morgan fingerprint density at radius 2 is 1.75 bits per heavy atom. The Balaban J connectivity index is 1.69. The van der Waals surface area contributed by atoms with E-state index in [2.05, 4.69) is 10.6 Å². The third kappa shape index (κ3) is 6.85. The van der Waals surface area contributed by atoms with Crippen LogP contribution >= 0.6 is 7.37 Å². The van der Waals surface area contributed by atoms with Crippen molar-refractivity contribution in [1.82, 2.24) is 10.6 Å². The van der Waals surface area contributed by atoms with Gasteiger partial charge in [-0.25, -0.2) is 4.79 Å². The molecule has 1 fully saturated rings. The van der Waals surface area contributed by atoms with Crippen molar-refractivity contribution in [3.05, 3.63) is 71.8 Å². The molecule has 0 saturated carbocycles. The highest BCUT2D eigenvalue weighted by atomic mass is 31.2. The molecule has 0 aliphatic carbocycles. The molecule has 1 amide bonds. The molecular weight excluding hydrogens is 431 g/mol. The average molecular weight is 458 g/mol. The van der Waals surface area contributed by atoms with Gasteiger partial charge in [0.25, 0.3) is 5.91 Å². The molecule has 170 valence electrons. The first kappa shape index (κ1) is 23.9. The number of carbonyl (C=O) groups is 3. The summed E-state index contributed by atoms with van der Waals surface area (Å²) in [7, 11) is -4.24. The van der Waals surface area contributed by atoms with Crippen LogP contribution in [0.1, 0.15) is 35.2 Å². The maximum absolute atomic E-state index is 13.1. The molecule has 3 N–H and O–H groups in total. The molecule has 3 rings (SSSR count). The largest absolute Gasteiger partial charge is 0.392 e. The van der Waals surface area contributed by atoms with Gasteiger partial charge in [0.15, 0.2) is 0 Å². The number of amides is 1. The number of carbonyl (C=O) groups excluding carboxylic acids is 3. The van der Waals surface area contributed by atoms with Gasteiger partial charge in [0.2, 0.25) is 7.37 Å². The Bertz CT molecular complexity index is 976. The lowest BCUT2D eigenvalue weighted by Gasteiger charge is -2.24. The van der Waals surface area contributed by atoms with E-state index < -0.39 is 43.2 Å². The van der Waals surface area contributed by atoms with Crippen LogP contribution in [0.5, 0.6) is 0 Å². The summed E-state index contributed by atoms with van der Waals surface area (Å²) in [4.78, 5) is 47.6. The predicted octanol–water partition coefficient (Wildman–Crippen LogP) is 2.47. The quantitative estimate of drug-likeness (QED) is 0.300. The predicted molar refractivity (Wildman–Crippen MR) is 119 cm³/mol. The lowest BCUT2D eigenvalue weighted by Crippen LogP contribution is -2.38. The van der Waals surface area contributed by atoms with Gasteiger partial charge in [-0.05, 0) is 49.9 Å². The van der Waals surface area contributed by atoms with Crippen LogP contribution in [0.25, 0.3) is 0 Å². The molecule has 1 aliphatic heterocycles. The average Bonchev–Trinajstić information content (AvgIpc) is 3.32. The van der Waals surface area contributed by atoms with Crippen molar-refractivity contribution < 1.29 is 28.6 Å².